The predicted molar refractivity (Wildman–Crippen MR) is 109 cm³/mol. The molecule has 10 heteroatoms. The molecule has 8 nitrogen and oxygen atoms in total. The standard InChI is InChI=1S/C18H28N4O4S2/c23-17(14-4-2-1-3-5-14)19-6-7-20-18(24)16-12-15(13-21-16)28(25,26)22-8-10-27-11-9-22/h12-14,21H,1-11H2,(H,19,23)(H,20,24). The van der Waals surface area contributed by atoms with Crippen LogP contribution in [0.4, 0.5) is 0 Å². The zero-order valence-corrected chi connectivity index (χ0v) is 17.5. The van der Waals surface area contributed by atoms with Gasteiger partial charge in [0.25, 0.3) is 5.91 Å². The van der Waals surface area contributed by atoms with Crippen molar-refractivity contribution in [1.82, 2.24) is 19.9 Å². The minimum Gasteiger partial charge on any atom is -0.356 e. The highest BCUT2D eigenvalue weighted by Gasteiger charge is 2.27. The molecule has 1 aliphatic heterocycles. The van der Waals surface area contributed by atoms with Crippen molar-refractivity contribution in [2.24, 2.45) is 5.92 Å². The Hall–Kier alpha value is -1.52. The zero-order valence-electron chi connectivity index (χ0n) is 15.9. The Morgan fingerprint density at radius 1 is 1.11 bits per heavy atom. The molecule has 3 rings (SSSR count). The molecular weight excluding hydrogens is 400 g/mol. The quantitative estimate of drug-likeness (QED) is 0.565. The number of aromatic amines is 1. The molecule has 0 aromatic carbocycles. The van der Waals surface area contributed by atoms with Crippen molar-refractivity contribution in [2.75, 3.05) is 37.7 Å². The molecule has 0 bridgehead atoms. The van der Waals surface area contributed by atoms with E-state index in [1.165, 1.54) is 23.0 Å². The predicted octanol–water partition coefficient (Wildman–Crippen LogP) is 1.18. The van der Waals surface area contributed by atoms with Gasteiger partial charge in [-0.3, -0.25) is 9.59 Å². The fourth-order valence-corrected chi connectivity index (χ4v) is 6.13. The average Bonchev–Trinajstić information content (AvgIpc) is 3.23. The first-order valence-electron chi connectivity index (χ1n) is 9.81. The minimum absolute atomic E-state index is 0.0573. The van der Waals surface area contributed by atoms with Gasteiger partial charge in [-0.15, -0.1) is 0 Å². The van der Waals surface area contributed by atoms with Crippen molar-refractivity contribution in [3.8, 4) is 0 Å². The Labute approximate surface area is 170 Å². The molecule has 1 aromatic rings. The van der Waals surface area contributed by atoms with Crippen molar-refractivity contribution < 1.29 is 18.0 Å². The van der Waals surface area contributed by atoms with E-state index < -0.39 is 10.0 Å². The molecule has 0 atom stereocenters. The van der Waals surface area contributed by atoms with Crippen LogP contribution in [0.25, 0.3) is 0 Å². The average molecular weight is 429 g/mol. The lowest BCUT2D eigenvalue weighted by molar-refractivity contribution is -0.125. The van der Waals surface area contributed by atoms with Crippen molar-refractivity contribution in [1.29, 1.82) is 0 Å². The molecule has 2 fully saturated rings. The Morgan fingerprint density at radius 2 is 1.79 bits per heavy atom. The summed E-state index contributed by atoms with van der Waals surface area (Å²) in [6, 6.07) is 1.37. The van der Waals surface area contributed by atoms with Crippen LogP contribution in [-0.2, 0) is 14.8 Å². The molecular formula is C18H28N4O4S2. The van der Waals surface area contributed by atoms with Gasteiger partial charge >= 0.3 is 0 Å². The maximum atomic E-state index is 12.6. The van der Waals surface area contributed by atoms with E-state index in [0.717, 1.165) is 37.2 Å². The number of H-pyrrole nitrogens is 1. The fraction of sp³-hybridized carbons (Fsp3) is 0.667. The molecule has 2 aliphatic rings. The molecule has 0 radical (unpaired) electrons. The van der Waals surface area contributed by atoms with Gasteiger partial charge in [-0.25, -0.2) is 8.42 Å². The lowest BCUT2D eigenvalue weighted by Gasteiger charge is -2.24. The molecule has 0 spiro atoms. The van der Waals surface area contributed by atoms with Gasteiger partial charge in [-0.1, -0.05) is 19.3 Å². The third kappa shape index (κ3) is 5.30. The van der Waals surface area contributed by atoms with E-state index >= 15 is 0 Å². The van der Waals surface area contributed by atoms with Crippen molar-refractivity contribution in [3.05, 3.63) is 18.0 Å². The molecule has 2 amide bonds. The fourth-order valence-electron chi connectivity index (χ4n) is 3.56. The van der Waals surface area contributed by atoms with Gasteiger partial charge in [0.2, 0.25) is 15.9 Å². The van der Waals surface area contributed by atoms with E-state index in [4.69, 9.17) is 0 Å². The summed E-state index contributed by atoms with van der Waals surface area (Å²) in [6.45, 7) is 1.63. The van der Waals surface area contributed by atoms with Crippen LogP contribution >= 0.6 is 11.8 Å². The normalized spacial score (nSPS) is 19.3. The summed E-state index contributed by atoms with van der Waals surface area (Å²) in [6.07, 6.45) is 6.63. The topological polar surface area (TPSA) is 111 Å². The largest absolute Gasteiger partial charge is 0.356 e. The highest BCUT2D eigenvalue weighted by Crippen LogP contribution is 2.23. The van der Waals surface area contributed by atoms with E-state index in [1.54, 1.807) is 11.8 Å². The van der Waals surface area contributed by atoms with Gasteiger partial charge in [0.05, 0.1) is 0 Å². The molecule has 2 heterocycles. The van der Waals surface area contributed by atoms with Crippen LogP contribution in [0.5, 0.6) is 0 Å². The summed E-state index contributed by atoms with van der Waals surface area (Å²) in [5, 5.41) is 5.57. The number of thioether (sulfide) groups is 1. The minimum atomic E-state index is -3.57. The molecule has 3 N–H and O–H groups in total. The van der Waals surface area contributed by atoms with Crippen LogP contribution in [0.3, 0.4) is 0 Å². The number of carbonyl (C=O) groups excluding carboxylic acids is 2. The zero-order chi connectivity index (χ0) is 20.0. The molecule has 28 heavy (non-hydrogen) atoms. The lowest BCUT2D eigenvalue weighted by atomic mass is 9.89. The summed E-state index contributed by atoms with van der Waals surface area (Å²) < 4.78 is 26.7. The first kappa shape index (κ1) is 21.2. The van der Waals surface area contributed by atoms with E-state index in [9.17, 15) is 18.0 Å². The van der Waals surface area contributed by atoms with Crippen LogP contribution < -0.4 is 10.6 Å². The molecule has 1 aromatic heterocycles. The number of aromatic nitrogens is 1. The van der Waals surface area contributed by atoms with Crippen molar-refractivity contribution in [2.45, 2.75) is 37.0 Å². The lowest BCUT2D eigenvalue weighted by Crippen LogP contribution is -2.38. The van der Waals surface area contributed by atoms with E-state index in [2.05, 4.69) is 15.6 Å². The van der Waals surface area contributed by atoms with Gasteiger partial charge in [0.1, 0.15) is 10.6 Å². The van der Waals surface area contributed by atoms with Crippen LogP contribution in [0.1, 0.15) is 42.6 Å². The summed E-state index contributed by atoms with van der Waals surface area (Å²) in [4.78, 5) is 27.2. The molecule has 1 saturated carbocycles. The van der Waals surface area contributed by atoms with Gasteiger partial charge in [0, 0.05) is 49.8 Å². The Kier molecular flexibility index (Phi) is 7.42. The number of hydrogen-bond acceptors (Lipinski definition) is 5. The second kappa shape index (κ2) is 9.80. The maximum absolute atomic E-state index is 12.6. The first-order valence-corrected chi connectivity index (χ1v) is 12.4. The number of amides is 2. The number of sulfonamides is 1. The van der Waals surface area contributed by atoms with Gasteiger partial charge in [-0.2, -0.15) is 16.1 Å². The first-order chi connectivity index (χ1) is 13.5. The SMILES string of the molecule is O=C(NCCNC(=O)C1CCCCC1)c1cc(S(=O)(=O)N2CCSCC2)c[nH]1. The van der Waals surface area contributed by atoms with E-state index in [0.29, 0.717) is 26.2 Å². The van der Waals surface area contributed by atoms with Crippen molar-refractivity contribution >= 4 is 33.6 Å². The number of nitrogens with one attached hydrogen (secondary N) is 3. The Morgan fingerprint density at radius 3 is 2.50 bits per heavy atom. The number of rotatable bonds is 7. The van der Waals surface area contributed by atoms with Crippen LogP contribution in [0.2, 0.25) is 0 Å². The monoisotopic (exact) mass is 428 g/mol. The van der Waals surface area contributed by atoms with E-state index in [1.807, 2.05) is 0 Å². The Balaban J connectivity index is 1.45. The summed E-state index contributed by atoms with van der Waals surface area (Å²) in [5.41, 5.74) is 0.198. The maximum Gasteiger partial charge on any atom is 0.267 e. The second-order valence-electron chi connectivity index (χ2n) is 7.15. The van der Waals surface area contributed by atoms with Crippen LogP contribution in [0, 0.1) is 5.92 Å². The highest BCUT2D eigenvalue weighted by molar-refractivity contribution is 7.99. The summed E-state index contributed by atoms with van der Waals surface area (Å²) >= 11 is 1.73. The second-order valence-corrected chi connectivity index (χ2v) is 10.3. The Bertz CT molecular complexity index is 781. The summed E-state index contributed by atoms with van der Waals surface area (Å²) in [7, 11) is -3.57. The van der Waals surface area contributed by atoms with Gasteiger partial charge < -0.3 is 15.6 Å². The van der Waals surface area contributed by atoms with Gasteiger partial charge in [0.15, 0.2) is 0 Å². The summed E-state index contributed by atoms with van der Waals surface area (Å²) in [5.74, 6) is 1.32. The smallest absolute Gasteiger partial charge is 0.267 e. The van der Waals surface area contributed by atoms with Crippen LogP contribution in [-0.4, -0.2) is 67.2 Å². The third-order valence-corrected chi connectivity index (χ3v) is 8.01. The molecule has 1 aliphatic carbocycles. The van der Waals surface area contributed by atoms with Gasteiger partial charge in [-0.05, 0) is 18.9 Å². The third-order valence-electron chi connectivity index (χ3n) is 5.19. The van der Waals surface area contributed by atoms with Crippen LogP contribution in [0.15, 0.2) is 17.2 Å². The molecule has 1 saturated heterocycles. The number of nitrogens with zero attached hydrogens (tertiary/aromatic N) is 1. The van der Waals surface area contributed by atoms with E-state index in [-0.39, 0.29) is 28.3 Å². The number of carbonyl (C=O) groups is 2. The highest BCUT2D eigenvalue weighted by atomic mass is 32.2. The number of hydrogen-bond donors (Lipinski definition) is 3. The van der Waals surface area contributed by atoms with Crippen molar-refractivity contribution in [3.63, 3.8) is 0 Å². The molecule has 0 unspecified atom stereocenters. The molecule has 156 valence electrons.